The molecule has 0 bridgehead atoms. The minimum Gasteiger partial charge on any atom is -0.323 e. The standard InChI is InChI=1S/C14H15ClN2S/c1-10-6-7-17-8-13(10)14(16)9-18-12-4-2-11(15)3-5-12/h2-8,14H,9,16H2,1H3. The monoisotopic (exact) mass is 278 g/mol. The van der Waals surface area contributed by atoms with Gasteiger partial charge in [0.1, 0.15) is 0 Å². The number of halogens is 1. The Kier molecular flexibility index (Phi) is 4.64. The quantitative estimate of drug-likeness (QED) is 0.864. The van der Waals surface area contributed by atoms with Crippen molar-refractivity contribution >= 4 is 23.4 Å². The van der Waals surface area contributed by atoms with Crippen LogP contribution >= 0.6 is 23.4 Å². The lowest BCUT2D eigenvalue weighted by Crippen LogP contribution is -2.14. The Bertz CT molecular complexity index is 513. The van der Waals surface area contributed by atoms with Crippen LogP contribution in [0, 0.1) is 6.92 Å². The molecule has 1 aromatic carbocycles. The molecule has 0 aliphatic rings. The molecule has 0 fully saturated rings. The van der Waals surface area contributed by atoms with Crippen LogP contribution in [0.3, 0.4) is 0 Å². The van der Waals surface area contributed by atoms with E-state index in [1.165, 1.54) is 10.5 Å². The van der Waals surface area contributed by atoms with Crippen molar-refractivity contribution in [3.8, 4) is 0 Å². The number of hydrogen-bond acceptors (Lipinski definition) is 3. The van der Waals surface area contributed by atoms with Crippen LogP contribution in [0.4, 0.5) is 0 Å². The molecule has 2 nitrogen and oxygen atoms in total. The van der Waals surface area contributed by atoms with Crippen LogP contribution < -0.4 is 5.73 Å². The van der Waals surface area contributed by atoms with Crippen LogP contribution in [-0.2, 0) is 0 Å². The number of aryl methyl sites for hydroxylation is 1. The number of rotatable bonds is 4. The molecule has 0 radical (unpaired) electrons. The second-order valence-electron chi connectivity index (χ2n) is 4.10. The molecule has 0 saturated heterocycles. The van der Waals surface area contributed by atoms with Crippen molar-refractivity contribution in [2.45, 2.75) is 17.9 Å². The molecule has 0 amide bonds. The lowest BCUT2D eigenvalue weighted by molar-refractivity contribution is 0.815. The highest BCUT2D eigenvalue weighted by molar-refractivity contribution is 7.99. The van der Waals surface area contributed by atoms with Gasteiger partial charge in [-0.1, -0.05) is 11.6 Å². The molecular formula is C14H15ClN2S. The zero-order chi connectivity index (χ0) is 13.0. The van der Waals surface area contributed by atoms with Crippen molar-refractivity contribution in [1.82, 2.24) is 4.98 Å². The van der Waals surface area contributed by atoms with E-state index in [0.29, 0.717) is 0 Å². The third-order valence-electron chi connectivity index (χ3n) is 2.72. The van der Waals surface area contributed by atoms with E-state index >= 15 is 0 Å². The zero-order valence-corrected chi connectivity index (χ0v) is 11.7. The molecule has 18 heavy (non-hydrogen) atoms. The fourth-order valence-corrected chi connectivity index (χ4v) is 2.68. The number of nitrogens with two attached hydrogens (primary N) is 1. The Hall–Kier alpha value is -1.03. The molecule has 94 valence electrons. The molecule has 0 aliphatic heterocycles. The van der Waals surface area contributed by atoms with Gasteiger partial charge in [0.15, 0.2) is 0 Å². The summed E-state index contributed by atoms with van der Waals surface area (Å²) in [6, 6.07) is 9.79. The van der Waals surface area contributed by atoms with E-state index in [0.717, 1.165) is 16.3 Å². The number of thioether (sulfide) groups is 1. The summed E-state index contributed by atoms with van der Waals surface area (Å²) in [4.78, 5) is 5.30. The second-order valence-corrected chi connectivity index (χ2v) is 5.63. The van der Waals surface area contributed by atoms with E-state index in [4.69, 9.17) is 17.3 Å². The number of benzene rings is 1. The van der Waals surface area contributed by atoms with E-state index in [-0.39, 0.29) is 6.04 Å². The lowest BCUT2D eigenvalue weighted by atomic mass is 10.1. The third-order valence-corrected chi connectivity index (χ3v) is 4.11. The van der Waals surface area contributed by atoms with Crippen molar-refractivity contribution in [1.29, 1.82) is 0 Å². The van der Waals surface area contributed by atoms with Crippen molar-refractivity contribution in [3.05, 3.63) is 58.9 Å². The van der Waals surface area contributed by atoms with E-state index in [1.54, 1.807) is 18.0 Å². The molecule has 0 spiro atoms. The molecule has 2 N–H and O–H groups in total. The fraction of sp³-hybridized carbons (Fsp3) is 0.214. The topological polar surface area (TPSA) is 38.9 Å². The minimum atomic E-state index is -0.000576. The van der Waals surface area contributed by atoms with E-state index in [9.17, 15) is 0 Å². The highest BCUT2D eigenvalue weighted by Crippen LogP contribution is 2.25. The molecule has 4 heteroatoms. The third kappa shape index (κ3) is 3.48. The molecule has 1 heterocycles. The molecule has 1 atom stereocenters. The fourth-order valence-electron chi connectivity index (χ4n) is 1.67. The normalized spacial score (nSPS) is 12.4. The molecular weight excluding hydrogens is 264 g/mol. The van der Waals surface area contributed by atoms with Gasteiger partial charge in [-0.2, -0.15) is 0 Å². The number of nitrogens with zero attached hydrogens (tertiary/aromatic N) is 1. The van der Waals surface area contributed by atoms with Crippen LogP contribution in [-0.4, -0.2) is 10.7 Å². The maximum absolute atomic E-state index is 6.19. The second kappa shape index (κ2) is 6.23. The van der Waals surface area contributed by atoms with Crippen LogP contribution in [0.25, 0.3) is 0 Å². The van der Waals surface area contributed by atoms with Gasteiger partial charge in [0.2, 0.25) is 0 Å². The van der Waals surface area contributed by atoms with E-state index < -0.39 is 0 Å². The molecule has 1 unspecified atom stereocenters. The summed E-state index contributed by atoms with van der Waals surface area (Å²) in [5.74, 6) is 0.828. The summed E-state index contributed by atoms with van der Waals surface area (Å²) in [7, 11) is 0. The molecule has 2 rings (SSSR count). The summed E-state index contributed by atoms with van der Waals surface area (Å²) in [6.45, 7) is 2.06. The van der Waals surface area contributed by atoms with Gasteiger partial charge in [0.05, 0.1) is 0 Å². The first-order valence-electron chi connectivity index (χ1n) is 5.71. The number of hydrogen-bond donors (Lipinski definition) is 1. The average molecular weight is 279 g/mol. The molecule has 0 aliphatic carbocycles. The smallest absolute Gasteiger partial charge is 0.0408 e. The maximum atomic E-state index is 6.19. The number of pyridine rings is 1. The van der Waals surface area contributed by atoms with Crippen molar-refractivity contribution < 1.29 is 0 Å². The highest BCUT2D eigenvalue weighted by Gasteiger charge is 2.09. The summed E-state index contributed by atoms with van der Waals surface area (Å²) < 4.78 is 0. The first-order valence-corrected chi connectivity index (χ1v) is 7.07. The Morgan fingerprint density at radius 3 is 2.67 bits per heavy atom. The summed E-state index contributed by atoms with van der Waals surface area (Å²) in [5, 5.41) is 0.756. The summed E-state index contributed by atoms with van der Waals surface area (Å²) in [5.41, 5.74) is 8.49. The summed E-state index contributed by atoms with van der Waals surface area (Å²) in [6.07, 6.45) is 3.64. The SMILES string of the molecule is Cc1ccncc1C(N)CSc1ccc(Cl)cc1. The Balaban J connectivity index is 1.98. The maximum Gasteiger partial charge on any atom is 0.0408 e. The Labute approximate surface area is 117 Å². The largest absolute Gasteiger partial charge is 0.323 e. The van der Waals surface area contributed by atoms with Gasteiger partial charge in [-0.15, -0.1) is 11.8 Å². The van der Waals surface area contributed by atoms with Gasteiger partial charge in [-0.05, 0) is 48.4 Å². The molecule has 0 saturated carbocycles. The molecule has 2 aromatic rings. The summed E-state index contributed by atoms with van der Waals surface area (Å²) >= 11 is 7.58. The van der Waals surface area contributed by atoms with Crippen molar-refractivity contribution in [2.24, 2.45) is 5.73 Å². The van der Waals surface area contributed by atoms with Crippen LogP contribution in [0.15, 0.2) is 47.6 Å². The Morgan fingerprint density at radius 1 is 1.28 bits per heavy atom. The van der Waals surface area contributed by atoms with Crippen molar-refractivity contribution in [3.63, 3.8) is 0 Å². The van der Waals surface area contributed by atoms with Crippen molar-refractivity contribution in [2.75, 3.05) is 5.75 Å². The minimum absolute atomic E-state index is 0.000576. The first-order chi connectivity index (χ1) is 8.66. The van der Waals surface area contributed by atoms with Crippen LogP contribution in [0.5, 0.6) is 0 Å². The van der Waals surface area contributed by atoms with Gasteiger partial charge >= 0.3 is 0 Å². The lowest BCUT2D eigenvalue weighted by Gasteiger charge is -2.13. The van der Waals surface area contributed by atoms with Crippen LogP contribution in [0.1, 0.15) is 17.2 Å². The Morgan fingerprint density at radius 2 is 2.00 bits per heavy atom. The van der Waals surface area contributed by atoms with E-state index in [2.05, 4.69) is 11.9 Å². The first kappa shape index (κ1) is 13.4. The van der Waals surface area contributed by atoms with Gasteiger partial charge in [0.25, 0.3) is 0 Å². The number of aromatic nitrogens is 1. The van der Waals surface area contributed by atoms with Gasteiger partial charge in [-0.25, -0.2) is 0 Å². The van der Waals surface area contributed by atoms with E-state index in [1.807, 2.05) is 36.5 Å². The average Bonchev–Trinajstić information content (AvgIpc) is 2.38. The molecule has 1 aromatic heterocycles. The van der Waals surface area contributed by atoms with Gasteiger partial charge < -0.3 is 5.73 Å². The van der Waals surface area contributed by atoms with Gasteiger partial charge in [0, 0.05) is 34.1 Å². The predicted octanol–water partition coefficient (Wildman–Crippen LogP) is 3.84. The zero-order valence-electron chi connectivity index (χ0n) is 10.1. The van der Waals surface area contributed by atoms with Crippen LogP contribution in [0.2, 0.25) is 5.02 Å². The predicted molar refractivity (Wildman–Crippen MR) is 78.1 cm³/mol. The highest BCUT2D eigenvalue weighted by atomic mass is 35.5. The van der Waals surface area contributed by atoms with Gasteiger partial charge in [-0.3, -0.25) is 4.98 Å².